The van der Waals surface area contributed by atoms with Gasteiger partial charge in [0.1, 0.15) is 5.84 Å². The molecule has 1 amide bonds. The third-order valence-electron chi connectivity index (χ3n) is 5.97. The van der Waals surface area contributed by atoms with Crippen molar-refractivity contribution in [1.82, 2.24) is 10.8 Å². The first-order valence-corrected chi connectivity index (χ1v) is 13.0. The Kier molecular flexibility index (Phi) is 7.74. The van der Waals surface area contributed by atoms with Crippen molar-refractivity contribution >= 4 is 33.3 Å². The van der Waals surface area contributed by atoms with Gasteiger partial charge in [-0.15, -0.1) is 0 Å². The first-order chi connectivity index (χ1) is 17.7. The number of nitrogens with two attached hydrogens (primary N) is 1. The Hall–Kier alpha value is -3.97. The molecule has 37 heavy (non-hydrogen) atoms. The number of piperidine rings is 1. The summed E-state index contributed by atoms with van der Waals surface area (Å²) in [5.41, 5.74) is 3.48. The Balaban J connectivity index is 1.48. The van der Waals surface area contributed by atoms with Gasteiger partial charge in [0.25, 0.3) is 0 Å². The fourth-order valence-electron chi connectivity index (χ4n) is 4.17. The molecular weight excluding hydrogens is 496 g/mol. The number of carbonyl (C=O) groups is 1. The molecule has 1 aliphatic rings. The highest BCUT2D eigenvalue weighted by molar-refractivity contribution is 7.89. The first kappa shape index (κ1) is 26.1. The molecule has 0 saturated carbocycles. The monoisotopic (exact) mass is 524 g/mol. The van der Waals surface area contributed by atoms with E-state index in [9.17, 15) is 13.2 Å². The molecule has 3 aromatic carbocycles. The average Bonchev–Trinajstić information content (AvgIpc) is 2.88. The number of ether oxygens (including phenoxy) is 1. The summed E-state index contributed by atoms with van der Waals surface area (Å²) in [4.78, 5) is 12.9. The molecule has 1 saturated heterocycles. The smallest absolute Gasteiger partial charge is 0.413 e. The molecule has 0 aromatic heterocycles. The van der Waals surface area contributed by atoms with Gasteiger partial charge in [-0.2, -0.15) is 0 Å². The Labute approximate surface area is 214 Å². The Bertz CT molecular complexity index is 1390. The van der Waals surface area contributed by atoms with Gasteiger partial charge < -0.3 is 15.4 Å². The first-order valence-electron chi connectivity index (χ1n) is 11.5. The minimum absolute atomic E-state index is 0.0167. The van der Waals surface area contributed by atoms with E-state index in [4.69, 9.17) is 20.5 Å². The number of amides is 1. The van der Waals surface area contributed by atoms with Gasteiger partial charge >= 0.3 is 6.09 Å². The summed E-state index contributed by atoms with van der Waals surface area (Å²) >= 11 is 0. The van der Waals surface area contributed by atoms with Crippen molar-refractivity contribution in [2.75, 3.05) is 23.7 Å². The number of rotatable bonds is 7. The molecular formula is C25H28N6O5S. The molecule has 194 valence electrons. The number of anilines is 2. The Morgan fingerprint density at radius 2 is 1.70 bits per heavy atom. The zero-order chi connectivity index (χ0) is 26.5. The largest absolute Gasteiger partial charge is 0.423 e. The van der Waals surface area contributed by atoms with E-state index in [0.717, 1.165) is 0 Å². The van der Waals surface area contributed by atoms with Crippen LogP contribution >= 0.6 is 0 Å². The molecule has 11 nitrogen and oxygen atoms in total. The minimum atomic E-state index is -3.90. The molecule has 0 atom stereocenters. The number of benzene rings is 3. The molecule has 3 aromatic rings. The van der Waals surface area contributed by atoms with E-state index in [2.05, 4.69) is 16.0 Å². The molecule has 0 spiro atoms. The van der Waals surface area contributed by atoms with Crippen molar-refractivity contribution in [3.05, 3.63) is 78.4 Å². The molecule has 0 aliphatic carbocycles. The van der Waals surface area contributed by atoms with Crippen LogP contribution in [0.25, 0.3) is 11.1 Å². The summed E-state index contributed by atoms with van der Waals surface area (Å²) in [6, 6.07) is 20.0. The zero-order valence-electron chi connectivity index (χ0n) is 19.8. The van der Waals surface area contributed by atoms with Crippen LogP contribution in [0.3, 0.4) is 0 Å². The van der Waals surface area contributed by atoms with E-state index >= 15 is 0 Å². The summed E-state index contributed by atoms with van der Waals surface area (Å²) in [6.45, 7) is 1.26. The number of primary sulfonamides is 1. The maximum Gasteiger partial charge on any atom is 0.413 e. The zero-order valence-corrected chi connectivity index (χ0v) is 20.6. The molecule has 0 radical (unpaired) electrons. The van der Waals surface area contributed by atoms with E-state index in [0.29, 0.717) is 54.0 Å². The average molecular weight is 525 g/mol. The van der Waals surface area contributed by atoms with Crippen molar-refractivity contribution in [2.24, 2.45) is 5.14 Å². The molecule has 8 N–H and O–H groups in total. The van der Waals surface area contributed by atoms with E-state index in [-0.39, 0.29) is 10.7 Å². The third-order valence-corrected chi connectivity index (χ3v) is 6.94. The summed E-state index contributed by atoms with van der Waals surface area (Å²) in [5.74, 6) is -0.156. The van der Waals surface area contributed by atoms with Crippen molar-refractivity contribution < 1.29 is 23.2 Å². The Morgan fingerprint density at radius 1 is 1.00 bits per heavy atom. The lowest BCUT2D eigenvalue weighted by molar-refractivity contribution is 0.0184. The van der Waals surface area contributed by atoms with Gasteiger partial charge in [-0.25, -0.2) is 18.4 Å². The lowest BCUT2D eigenvalue weighted by Gasteiger charge is -2.38. The van der Waals surface area contributed by atoms with Gasteiger partial charge in [0, 0.05) is 48.4 Å². The van der Waals surface area contributed by atoms with E-state index in [1.807, 2.05) is 5.48 Å². The van der Waals surface area contributed by atoms with Crippen molar-refractivity contribution in [2.45, 2.75) is 23.5 Å². The maximum absolute atomic E-state index is 12.9. The second kappa shape index (κ2) is 11.0. The molecule has 4 rings (SSSR count). The lowest BCUT2D eigenvalue weighted by Crippen LogP contribution is -2.51. The topological polar surface area (TPSA) is 179 Å². The molecule has 1 fully saturated rings. The molecule has 1 heterocycles. The molecule has 0 bridgehead atoms. The number of hydrogen-bond donors (Lipinski definition) is 7. The summed E-state index contributed by atoms with van der Waals surface area (Å²) < 4.78 is 29.7. The van der Waals surface area contributed by atoms with Gasteiger partial charge in [-0.1, -0.05) is 42.5 Å². The number of hydroxylamine groups is 1. The molecule has 12 heteroatoms. The van der Waals surface area contributed by atoms with Gasteiger partial charge in [0.2, 0.25) is 10.0 Å². The highest BCUT2D eigenvalue weighted by Gasteiger charge is 2.36. The van der Waals surface area contributed by atoms with Crippen LogP contribution < -0.4 is 26.6 Å². The summed E-state index contributed by atoms with van der Waals surface area (Å²) in [5, 5.41) is 31.4. The van der Waals surface area contributed by atoms with Gasteiger partial charge in [0.15, 0.2) is 5.72 Å². The van der Waals surface area contributed by atoms with Crippen molar-refractivity contribution in [3.63, 3.8) is 0 Å². The highest BCUT2D eigenvalue weighted by Crippen LogP contribution is 2.29. The van der Waals surface area contributed by atoms with E-state index in [1.165, 1.54) is 6.07 Å². The Morgan fingerprint density at radius 3 is 2.38 bits per heavy atom. The van der Waals surface area contributed by atoms with Crippen LogP contribution in [-0.4, -0.2) is 44.4 Å². The highest BCUT2D eigenvalue weighted by atomic mass is 32.2. The number of hydrogen-bond acceptors (Lipinski definition) is 8. The fraction of sp³-hybridized carbons (Fsp3) is 0.200. The van der Waals surface area contributed by atoms with Crippen LogP contribution in [0.1, 0.15) is 18.4 Å². The normalized spacial score (nSPS) is 14.9. The third kappa shape index (κ3) is 6.43. The second-order valence-electron chi connectivity index (χ2n) is 8.57. The fourth-order valence-corrected chi connectivity index (χ4v) is 4.93. The van der Waals surface area contributed by atoms with Crippen LogP contribution in [0.2, 0.25) is 0 Å². The van der Waals surface area contributed by atoms with E-state index < -0.39 is 21.8 Å². The number of amidine groups is 1. The lowest BCUT2D eigenvalue weighted by atomic mass is 10.0. The van der Waals surface area contributed by atoms with Crippen LogP contribution in [0, 0.1) is 5.41 Å². The van der Waals surface area contributed by atoms with Crippen molar-refractivity contribution in [1.29, 1.82) is 5.41 Å². The number of sulfonamides is 1. The minimum Gasteiger partial charge on any atom is -0.423 e. The quantitative estimate of drug-likeness (QED) is 0.107. The van der Waals surface area contributed by atoms with Gasteiger partial charge in [-0.3, -0.25) is 21.4 Å². The summed E-state index contributed by atoms with van der Waals surface area (Å²) in [6.07, 6.45) is 0.348. The van der Waals surface area contributed by atoms with Crippen LogP contribution in [0.5, 0.6) is 0 Å². The second-order valence-corrected chi connectivity index (χ2v) is 10.1. The molecule has 0 unspecified atom stereocenters. The standard InChI is InChI=1S/C25H28N6O5S/c26-23(31-33)18-4-3-5-20(16-18)30-25(12-14-28-15-13-25)36-24(32)29-19-10-8-17(9-11-19)21-6-1-2-7-22(21)37(27,34)35/h1-11,16,28,30,33H,12-15H2,(H2,26,31)(H,29,32)(H2,27,34,35). The number of carbonyl (C=O) groups excluding carboxylic acids is 1. The predicted molar refractivity (Wildman–Crippen MR) is 140 cm³/mol. The predicted octanol–water partition coefficient (Wildman–Crippen LogP) is 3.05. The van der Waals surface area contributed by atoms with Gasteiger partial charge in [-0.05, 0) is 35.9 Å². The van der Waals surface area contributed by atoms with Crippen LogP contribution in [0.4, 0.5) is 16.2 Å². The maximum atomic E-state index is 12.9. The van der Waals surface area contributed by atoms with Crippen LogP contribution in [-0.2, 0) is 14.8 Å². The van der Waals surface area contributed by atoms with Gasteiger partial charge in [0.05, 0.1) is 4.90 Å². The SMILES string of the molecule is N=C(NO)c1cccc(NC2(OC(=O)Nc3ccc(-c4ccccc4S(N)(=O)=O)cc3)CCNCC2)c1. The van der Waals surface area contributed by atoms with Crippen molar-refractivity contribution in [3.8, 4) is 11.1 Å². The molecule has 1 aliphatic heterocycles. The van der Waals surface area contributed by atoms with Crippen LogP contribution in [0.15, 0.2) is 77.7 Å². The summed E-state index contributed by atoms with van der Waals surface area (Å²) in [7, 11) is -3.90. The number of nitrogens with one attached hydrogen (secondary N) is 5. The van der Waals surface area contributed by atoms with E-state index in [1.54, 1.807) is 66.7 Å².